The fraction of sp³-hybridized carbons (Fsp3) is 0.529. The SMILES string of the molecule is CCCN(C=N[C@H]1CC(O[C@H]2CC(O)(C(=O)CO)Cc3c(O)c4c(c(O)c32)C(=O)c2c(OC)cccc2C4=O)OC(C)[C@H]1O)CCC. The lowest BCUT2D eigenvalue weighted by atomic mass is 9.72. The lowest BCUT2D eigenvalue weighted by Crippen LogP contribution is -2.50. The van der Waals surface area contributed by atoms with Crippen molar-refractivity contribution in [2.24, 2.45) is 4.99 Å². The molecule has 0 amide bonds. The van der Waals surface area contributed by atoms with Crippen LogP contribution in [0.2, 0.25) is 0 Å². The van der Waals surface area contributed by atoms with Gasteiger partial charge < -0.3 is 44.6 Å². The van der Waals surface area contributed by atoms with Crippen LogP contribution >= 0.6 is 0 Å². The van der Waals surface area contributed by atoms with Crippen LogP contribution in [-0.4, -0.2) is 111 Å². The molecule has 2 aromatic carbocycles. The molecule has 1 heterocycles. The first-order valence-corrected chi connectivity index (χ1v) is 15.9. The zero-order chi connectivity index (χ0) is 34.2. The van der Waals surface area contributed by atoms with Gasteiger partial charge in [0.1, 0.15) is 35.6 Å². The first-order valence-electron chi connectivity index (χ1n) is 15.9. The third-order valence-electron chi connectivity index (χ3n) is 9.17. The number of benzene rings is 2. The molecule has 0 aromatic heterocycles. The number of methoxy groups -OCH3 is 1. The number of carbonyl (C=O) groups is 3. The normalized spacial score (nSPS) is 26.9. The van der Waals surface area contributed by atoms with Gasteiger partial charge in [0, 0.05) is 49.0 Å². The van der Waals surface area contributed by atoms with Gasteiger partial charge in [-0.15, -0.1) is 0 Å². The van der Waals surface area contributed by atoms with E-state index in [2.05, 4.69) is 23.7 Å². The molecule has 1 aliphatic heterocycles. The van der Waals surface area contributed by atoms with Crippen molar-refractivity contribution in [3.63, 3.8) is 0 Å². The predicted molar refractivity (Wildman–Crippen MR) is 168 cm³/mol. The van der Waals surface area contributed by atoms with Crippen LogP contribution in [-0.2, 0) is 20.7 Å². The smallest absolute Gasteiger partial charge is 0.202 e. The molecule has 5 N–H and O–H groups in total. The van der Waals surface area contributed by atoms with Gasteiger partial charge >= 0.3 is 0 Å². The lowest BCUT2D eigenvalue weighted by molar-refractivity contribution is -0.247. The number of Topliss-reactive ketones (excluding diaryl/α,β-unsaturated/α-hetero) is 1. The maximum Gasteiger partial charge on any atom is 0.202 e. The molecule has 0 saturated carbocycles. The van der Waals surface area contributed by atoms with Crippen molar-refractivity contribution in [3.05, 3.63) is 51.6 Å². The molecular formula is C34H42N2O11. The molecule has 254 valence electrons. The summed E-state index contributed by atoms with van der Waals surface area (Å²) in [6.45, 7) is 6.31. The third-order valence-corrected chi connectivity index (χ3v) is 9.17. The van der Waals surface area contributed by atoms with E-state index in [9.17, 15) is 39.9 Å². The van der Waals surface area contributed by atoms with Crippen LogP contribution in [0.25, 0.3) is 0 Å². The van der Waals surface area contributed by atoms with Crippen LogP contribution in [0.1, 0.15) is 95.5 Å². The van der Waals surface area contributed by atoms with Crippen LogP contribution in [0.5, 0.6) is 17.2 Å². The van der Waals surface area contributed by atoms with Crippen molar-refractivity contribution in [3.8, 4) is 17.2 Å². The van der Waals surface area contributed by atoms with Crippen LogP contribution < -0.4 is 4.74 Å². The standard InChI is InChI=1S/C34H42N2O11/c1-5-10-36(11-6-2)16-35-20-12-24(46-17(3)29(20)39)47-22-14-34(44,23(38)15-37)13-19-26(22)33(43)28-27(31(19)41)30(40)18-8-7-9-21(45-4)25(18)32(28)42/h7-9,16-17,20,22,24,29,37,39,41,43-44H,5-6,10-15H2,1-4H3/t17?,20-,22-,24?,29+,34?/m0/s1. The Labute approximate surface area is 272 Å². The number of aliphatic hydroxyl groups excluding tert-OH is 2. The number of aliphatic imine (C=N–C) groups is 1. The summed E-state index contributed by atoms with van der Waals surface area (Å²) in [5.74, 6) is -3.74. The van der Waals surface area contributed by atoms with Gasteiger partial charge in [-0.1, -0.05) is 26.0 Å². The number of aromatic hydroxyl groups is 2. The minimum atomic E-state index is -2.26. The van der Waals surface area contributed by atoms with Crippen LogP contribution in [0, 0.1) is 0 Å². The molecule has 47 heavy (non-hydrogen) atoms. The second-order valence-corrected chi connectivity index (χ2v) is 12.4. The van der Waals surface area contributed by atoms with Crippen molar-refractivity contribution in [2.75, 3.05) is 26.8 Å². The molecule has 13 nitrogen and oxygen atoms in total. The number of aliphatic hydroxyl groups is 3. The van der Waals surface area contributed by atoms with Crippen molar-refractivity contribution < 1.29 is 54.1 Å². The number of hydrogen-bond acceptors (Lipinski definition) is 12. The topological polar surface area (TPSA) is 196 Å². The van der Waals surface area contributed by atoms with E-state index in [1.807, 2.05) is 0 Å². The lowest BCUT2D eigenvalue weighted by Gasteiger charge is -2.42. The number of phenolic OH excluding ortho intramolecular Hbond substituents is 2. The first-order chi connectivity index (χ1) is 22.4. The van der Waals surface area contributed by atoms with Crippen molar-refractivity contribution in [1.82, 2.24) is 4.90 Å². The Hall–Kier alpha value is -3.88. The van der Waals surface area contributed by atoms with E-state index in [4.69, 9.17) is 14.2 Å². The molecule has 1 fully saturated rings. The maximum atomic E-state index is 13.9. The highest BCUT2D eigenvalue weighted by molar-refractivity contribution is 6.31. The number of phenols is 2. The molecule has 5 rings (SSSR count). The molecule has 0 radical (unpaired) electrons. The number of ketones is 3. The summed E-state index contributed by atoms with van der Waals surface area (Å²) in [6, 6.07) is 3.76. The molecular weight excluding hydrogens is 612 g/mol. The molecule has 1 saturated heterocycles. The number of hydrogen-bond donors (Lipinski definition) is 5. The number of fused-ring (bicyclic) bond motifs is 3. The maximum absolute atomic E-state index is 13.9. The largest absolute Gasteiger partial charge is 0.507 e. The zero-order valence-corrected chi connectivity index (χ0v) is 26.9. The quantitative estimate of drug-likeness (QED) is 0.115. The van der Waals surface area contributed by atoms with E-state index < -0.39 is 95.7 Å². The summed E-state index contributed by atoms with van der Waals surface area (Å²) in [5, 5.41) is 55.3. The summed E-state index contributed by atoms with van der Waals surface area (Å²) in [4.78, 5) is 47.1. The fourth-order valence-corrected chi connectivity index (χ4v) is 6.82. The summed E-state index contributed by atoms with van der Waals surface area (Å²) in [5.41, 5.74) is -3.60. The monoisotopic (exact) mass is 654 g/mol. The van der Waals surface area contributed by atoms with Gasteiger partial charge in [0.15, 0.2) is 17.9 Å². The van der Waals surface area contributed by atoms with E-state index >= 15 is 0 Å². The van der Waals surface area contributed by atoms with Gasteiger partial charge in [0.2, 0.25) is 5.78 Å². The second kappa shape index (κ2) is 13.7. The summed E-state index contributed by atoms with van der Waals surface area (Å²) in [7, 11) is 1.33. The van der Waals surface area contributed by atoms with E-state index in [-0.39, 0.29) is 34.4 Å². The molecule has 2 aliphatic carbocycles. The Morgan fingerprint density at radius 2 is 1.79 bits per heavy atom. The van der Waals surface area contributed by atoms with E-state index in [1.54, 1.807) is 13.3 Å². The highest BCUT2D eigenvalue weighted by atomic mass is 16.7. The van der Waals surface area contributed by atoms with Crippen molar-refractivity contribution >= 4 is 23.7 Å². The Bertz CT molecular complexity index is 1580. The highest BCUT2D eigenvalue weighted by Crippen LogP contribution is 2.52. The first kappa shape index (κ1) is 34.5. The number of carbonyl (C=O) groups excluding carboxylic acids is 3. The van der Waals surface area contributed by atoms with Crippen LogP contribution in [0.4, 0.5) is 0 Å². The Kier molecular flexibility index (Phi) is 10.0. The van der Waals surface area contributed by atoms with Crippen LogP contribution in [0.15, 0.2) is 23.2 Å². The molecule has 3 unspecified atom stereocenters. The Morgan fingerprint density at radius 3 is 2.43 bits per heavy atom. The van der Waals surface area contributed by atoms with Gasteiger partial charge in [-0.05, 0) is 25.8 Å². The molecule has 3 aliphatic rings. The van der Waals surface area contributed by atoms with Gasteiger partial charge in [0.05, 0.1) is 48.4 Å². The highest BCUT2D eigenvalue weighted by Gasteiger charge is 2.50. The number of nitrogens with zero attached hydrogens (tertiary/aromatic N) is 2. The third kappa shape index (κ3) is 6.14. The summed E-state index contributed by atoms with van der Waals surface area (Å²) < 4.78 is 17.6. The van der Waals surface area contributed by atoms with E-state index in [1.165, 1.54) is 25.3 Å². The zero-order valence-electron chi connectivity index (χ0n) is 26.9. The number of rotatable bonds is 11. The van der Waals surface area contributed by atoms with Crippen LogP contribution in [0.3, 0.4) is 0 Å². The van der Waals surface area contributed by atoms with Gasteiger partial charge in [0.25, 0.3) is 0 Å². The van der Waals surface area contributed by atoms with Gasteiger partial charge in [-0.3, -0.25) is 19.4 Å². The molecule has 13 heteroatoms. The minimum absolute atomic E-state index is 0.0482. The Balaban J connectivity index is 1.57. The summed E-state index contributed by atoms with van der Waals surface area (Å²) in [6.07, 6.45) is -1.59. The molecule has 0 spiro atoms. The number of ether oxygens (including phenoxy) is 3. The molecule has 6 atom stereocenters. The van der Waals surface area contributed by atoms with Crippen molar-refractivity contribution in [1.29, 1.82) is 0 Å². The average molecular weight is 655 g/mol. The fourth-order valence-electron chi connectivity index (χ4n) is 6.82. The Morgan fingerprint density at radius 1 is 1.11 bits per heavy atom. The average Bonchev–Trinajstić information content (AvgIpc) is 3.05. The molecule has 2 aromatic rings. The van der Waals surface area contributed by atoms with E-state index in [0.29, 0.717) is 0 Å². The van der Waals surface area contributed by atoms with Gasteiger partial charge in [-0.2, -0.15) is 0 Å². The second-order valence-electron chi connectivity index (χ2n) is 12.4. The van der Waals surface area contributed by atoms with Crippen molar-refractivity contribution in [2.45, 2.75) is 89.1 Å². The van der Waals surface area contributed by atoms with Gasteiger partial charge in [-0.25, -0.2) is 0 Å². The predicted octanol–water partition coefficient (Wildman–Crippen LogP) is 2.19. The van der Waals surface area contributed by atoms with E-state index in [0.717, 1.165) is 25.9 Å². The molecule has 0 bridgehead atoms. The summed E-state index contributed by atoms with van der Waals surface area (Å²) >= 11 is 0. The minimum Gasteiger partial charge on any atom is -0.507 e.